The summed E-state index contributed by atoms with van der Waals surface area (Å²) in [4.78, 5) is 4.32. The summed E-state index contributed by atoms with van der Waals surface area (Å²) >= 11 is 11.9. The molecule has 0 saturated heterocycles. The quantitative estimate of drug-likeness (QED) is 0.906. The van der Waals surface area contributed by atoms with Crippen LogP contribution >= 0.6 is 23.2 Å². The lowest BCUT2D eigenvalue weighted by atomic mass is 10.1. The van der Waals surface area contributed by atoms with Crippen LogP contribution in [0, 0.1) is 0 Å². The van der Waals surface area contributed by atoms with Crippen LogP contribution in [0.5, 0.6) is 0 Å². The van der Waals surface area contributed by atoms with Gasteiger partial charge >= 0.3 is 0 Å². The van der Waals surface area contributed by atoms with Crippen LogP contribution in [0.15, 0.2) is 22.7 Å². The number of halogens is 2. The highest BCUT2D eigenvalue weighted by atomic mass is 35.5. The van der Waals surface area contributed by atoms with E-state index in [9.17, 15) is 0 Å². The van der Waals surface area contributed by atoms with Crippen molar-refractivity contribution in [1.29, 1.82) is 0 Å². The molecule has 0 fully saturated rings. The van der Waals surface area contributed by atoms with Crippen LogP contribution in [0.1, 0.15) is 26.6 Å². The van der Waals surface area contributed by atoms with Crippen LogP contribution in [0.4, 0.5) is 0 Å². The van der Waals surface area contributed by atoms with E-state index in [0.29, 0.717) is 33.9 Å². The zero-order valence-electron chi connectivity index (χ0n) is 12.1. The van der Waals surface area contributed by atoms with Gasteiger partial charge in [-0.15, -0.1) is 0 Å². The fourth-order valence-electron chi connectivity index (χ4n) is 1.61. The molecule has 2 N–H and O–H groups in total. The molecule has 5 nitrogen and oxygen atoms in total. The van der Waals surface area contributed by atoms with Gasteiger partial charge in [-0.25, -0.2) is 0 Å². The van der Waals surface area contributed by atoms with E-state index in [1.807, 2.05) is 13.8 Å². The number of hydrogen-bond donors (Lipinski definition) is 1. The van der Waals surface area contributed by atoms with Crippen molar-refractivity contribution in [2.45, 2.75) is 32.4 Å². The van der Waals surface area contributed by atoms with E-state index in [1.54, 1.807) is 25.1 Å². The minimum atomic E-state index is -0.831. The summed E-state index contributed by atoms with van der Waals surface area (Å²) < 4.78 is 10.8. The number of aromatic nitrogens is 2. The van der Waals surface area contributed by atoms with E-state index in [-0.39, 0.29) is 6.10 Å². The SMILES string of the molecule is CC(C)OCC(C)(N)c1noc(-c2ccc(Cl)c(Cl)c2)n1. The largest absolute Gasteiger partial charge is 0.376 e. The second-order valence-electron chi connectivity index (χ2n) is 5.33. The number of hydrogen-bond acceptors (Lipinski definition) is 5. The van der Waals surface area contributed by atoms with Crippen LogP contribution < -0.4 is 5.73 Å². The molecule has 114 valence electrons. The Kier molecular flexibility index (Phi) is 4.88. The standard InChI is InChI=1S/C14H17Cl2N3O2/c1-8(2)20-7-14(3,17)13-18-12(21-19-13)9-4-5-10(15)11(16)6-9/h4-6,8H,7,17H2,1-3H3. The summed E-state index contributed by atoms with van der Waals surface area (Å²) in [6.45, 7) is 5.96. The highest BCUT2D eigenvalue weighted by Gasteiger charge is 2.28. The van der Waals surface area contributed by atoms with E-state index in [1.165, 1.54) is 0 Å². The van der Waals surface area contributed by atoms with Crippen molar-refractivity contribution in [2.75, 3.05) is 6.61 Å². The lowest BCUT2D eigenvalue weighted by molar-refractivity contribution is 0.0410. The maximum absolute atomic E-state index is 6.17. The molecule has 0 bridgehead atoms. The molecule has 21 heavy (non-hydrogen) atoms. The van der Waals surface area contributed by atoms with E-state index in [4.69, 9.17) is 38.2 Å². The third kappa shape index (κ3) is 3.95. The second kappa shape index (κ2) is 6.32. The van der Waals surface area contributed by atoms with Crippen LogP contribution in [0.2, 0.25) is 10.0 Å². The normalized spacial score (nSPS) is 14.4. The van der Waals surface area contributed by atoms with Gasteiger partial charge in [-0.05, 0) is 39.0 Å². The zero-order chi connectivity index (χ0) is 15.6. The van der Waals surface area contributed by atoms with Crippen molar-refractivity contribution in [3.63, 3.8) is 0 Å². The lowest BCUT2D eigenvalue weighted by Crippen LogP contribution is -2.40. The van der Waals surface area contributed by atoms with E-state index >= 15 is 0 Å². The molecular formula is C14H17Cl2N3O2. The average Bonchev–Trinajstić information content (AvgIpc) is 2.90. The monoisotopic (exact) mass is 329 g/mol. The average molecular weight is 330 g/mol. The second-order valence-corrected chi connectivity index (χ2v) is 6.14. The zero-order valence-corrected chi connectivity index (χ0v) is 13.6. The minimum Gasteiger partial charge on any atom is -0.376 e. The van der Waals surface area contributed by atoms with Gasteiger partial charge in [0.05, 0.1) is 22.8 Å². The van der Waals surface area contributed by atoms with Gasteiger partial charge in [0, 0.05) is 5.56 Å². The van der Waals surface area contributed by atoms with Gasteiger partial charge < -0.3 is 15.0 Å². The van der Waals surface area contributed by atoms with Crippen molar-refractivity contribution >= 4 is 23.2 Å². The number of nitrogens with two attached hydrogens (primary N) is 1. The van der Waals surface area contributed by atoms with E-state index < -0.39 is 5.54 Å². The number of nitrogens with zero attached hydrogens (tertiary/aromatic N) is 2. The van der Waals surface area contributed by atoms with Gasteiger partial charge in [0.2, 0.25) is 0 Å². The van der Waals surface area contributed by atoms with Crippen molar-refractivity contribution in [3.05, 3.63) is 34.1 Å². The fraction of sp³-hybridized carbons (Fsp3) is 0.429. The predicted octanol–water partition coefficient (Wildman–Crippen LogP) is 3.64. The summed E-state index contributed by atoms with van der Waals surface area (Å²) in [5, 5.41) is 4.82. The Balaban J connectivity index is 2.22. The first-order chi connectivity index (χ1) is 9.79. The van der Waals surface area contributed by atoms with Gasteiger partial charge in [0.15, 0.2) is 5.82 Å². The van der Waals surface area contributed by atoms with Crippen molar-refractivity contribution < 1.29 is 9.26 Å². The first-order valence-corrected chi connectivity index (χ1v) is 7.25. The van der Waals surface area contributed by atoms with E-state index in [0.717, 1.165) is 0 Å². The third-order valence-corrected chi connectivity index (χ3v) is 3.56. The molecule has 2 rings (SSSR count). The third-order valence-electron chi connectivity index (χ3n) is 2.82. The van der Waals surface area contributed by atoms with Gasteiger partial charge in [-0.3, -0.25) is 0 Å². The molecule has 1 unspecified atom stereocenters. The maximum Gasteiger partial charge on any atom is 0.258 e. The Morgan fingerprint density at radius 1 is 1.33 bits per heavy atom. The number of rotatable bonds is 5. The van der Waals surface area contributed by atoms with Crippen molar-refractivity contribution in [2.24, 2.45) is 5.73 Å². The summed E-state index contributed by atoms with van der Waals surface area (Å²) in [5.74, 6) is 0.717. The van der Waals surface area contributed by atoms with Gasteiger partial charge in [-0.1, -0.05) is 28.4 Å². The van der Waals surface area contributed by atoms with Gasteiger partial charge in [-0.2, -0.15) is 4.98 Å². The Hall–Kier alpha value is -1.14. The van der Waals surface area contributed by atoms with Crippen molar-refractivity contribution in [3.8, 4) is 11.5 Å². The van der Waals surface area contributed by atoms with Crippen LogP contribution in [-0.2, 0) is 10.3 Å². The minimum absolute atomic E-state index is 0.0781. The Morgan fingerprint density at radius 3 is 2.67 bits per heavy atom. The Morgan fingerprint density at radius 2 is 2.05 bits per heavy atom. The first-order valence-electron chi connectivity index (χ1n) is 6.49. The molecule has 1 atom stereocenters. The highest BCUT2D eigenvalue weighted by Crippen LogP contribution is 2.28. The molecule has 0 radical (unpaired) electrons. The molecule has 0 aliphatic carbocycles. The molecule has 1 aromatic carbocycles. The summed E-state index contributed by atoms with van der Waals surface area (Å²) in [5.41, 5.74) is 6.03. The van der Waals surface area contributed by atoms with E-state index in [2.05, 4.69) is 10.1 Å². The Bertz CT molecular complexity index is 626. The van der Waals surface area contributed by atoms with Crippen LogP contribution in [0.3, 0.4) is 0 Å². The first kappa shape index (κ1) is 16.2. The predicted molar refractivity (Wildman–Crippen MR) is 82.4 cm³/mol. The topological polar surface area (TPSA) is 74.2 Å². The molecule has 7 heteroatoms. The molecule has 1 aromatic heterocycles. The fourth-order valence-corrected chi connectivity index (χ4v) is 1.90. The molecule has 0 aliphatic rings. The van der Waals surface area contributed by atoms with Crippen LogP contribution in [0.25, 0.3) is 11.5 Å². The van der Waals surface area contributed by atoms with Crippen molar-refractivity contribution in [1.82, 2.24) is 10.1 Å². The molecule has 0 amide bonds. The number of ether oxygens (including phenoxy) is 1. The van der Waals surface area contributed by atoms with Crippen LogP contribution in [-0.4, -0.2) is 22.9 Å². The molecule has 1 heterocycles. The summed E-state index contributed by atoms with van der Waals surface area (Å²) in [6, 6.07) is 5.09. The highest BCUT2D eigenvalue weighted by molar-refractivity contribution is 6.42. The summed E-state index contributed by atoms with van der Waals surface area (Å²) in [7, 11) is 0. The molecule has 0 saturated carbocycles. The molecule has 2 aromatic rings. The van der Waals surface area contributed by atoms with Gasteiger partial charge in [0.25, 0.3) is 5.89 Å². The molecule has 0 spiro atoms. The lowest BCUT2D eigenvalue weighted by Gasteiger charge is -2.21. The maximum atomic E-state index is 6.17. The smallest absolute Gasteiger partial charge is 0.258 e. The molecule has 0 aliphatic heterocycles. The van der Waals surface area contributed by atoms with Gasteiger partial charge in [0.1, 0.15) is 5.54 Å². The molecular weight excluding hydrogens is 313 g/mol. The summed E-state index contributed by atoms with van der Waals surface area (Å²) in [6.07, 6.45) is 0.0781. The number of benzene rings is 1. The Labute approximate surface area is 133 Å².